The van der Waals surface area contributed by atoms with Crippen molar-refractivity contribution in [2.75, 3.05) is 7.05 Å². The molecule has 0 aliphatic heterocycles. The molecule has 1 aromatic rings. The molecule has 1 unspecified atom stereocenters. The van der Waals surface area contributed by atoms with Crippen LogP contribution in [0.3, 0.4) is 0 Å². The normalized spacial score (nSPS) is 10.1. The van der Waals surface area contributed by atoms with Crippen LogP contribution in [-0.2, 0) is 0 Å². The van der Waals surface area contributed by atoms with Gasteiger partial charge in [-0.3, -0.25) is 0 Å². The lowest BCUT2D eigenvalue weighted by Crippen LogP contribution is -1.88. The van der Waals surface area contributed by atoms with Crippen LogP contribution in [-0.4, -0.2) is 7.05 Å². The van der Waals surface area contributed by atoms with Crippen LogP contribution >= 0.6 is 0 Å². The number of hydrogen-bond donors (Lipinski definition) is 1. The molecule has 0 spiro atoms. The summed E-state index contributed by atoms with van der Waals surface area (Å²) < 4.78 is 0. The van der Waals surface area contributed by atoms with E-state index in [9.17, 15) is 0 Å². The maximum atomic E-state index is 5.20. The van der Waals surface area contributed by atoms with Gasteiger partial charge in [-0.15, -0.1) is 6.42 Å². The highest BCUT2D eigenvalue weighted by Crippen LogP contribution is 2.07. The summed E-state index contributed by atoms with van der Waals surface area (Å²) in [6.07, 6.45) is 9.28. The van der Waals surface area contributed by atoms with E-state index in [2.05, 4.69) is 32.4 Å². The van der Waals surface area contributed by atoms with E-state index in [0.29, 0.717) is 0 Å². The molecule has 0 radical (unpaired) electrons. The molecular weight excluding hydrogens is 218 g/mol. The molecule has 2 N–H and O–H groups in total. The maximum Gasteiger partial charge on any atom is 0.0271 e. The molecule has 18 heavy (non-hydrogen) atoms. The van der Waals surface area contributed by atoms with Crippen molar-refractivity contribution >= 4 is 0 Å². The number of hydrogen-bond acceptors (Lipinski definition) is 1. The Kier molecular flexibility index (Phi) is 14.6. The maximum absolute atomic E-state index is 5.20. The zero-order valence-corrected chi connectivity index (χ0v) is 12.7. The zero-order chi connectivity index (χ0) is 14.4. The first-order chi connectivity index (χ1) is 8.65. The SMILES string of the molecule is C#Cc1ccccc1C.CCCC(C)CC.CN. The van der Waals surface area contributed by atoms with Gasteiger partial charge in [-0.2, -0.15) is 0 Å². The molecule has 1 atom stereocenters. The average Bonchev–Trinajstić information content (AvgIpc) is 2.42. The van der Waals surface area contributed by atoms with Gasteiger partial charge < -0.3 is 5.73 Å². The molecule has 0 aliphatic rings. The summed E-state index contributed by atoms with van der Waals surface area (Å²) in [4.78, 5) is 0. The zero-order valence-electron chi connectivity index (χ0n) is 12.7. The van der Waals surface area contributed by atoms with Crippen molar-refractivity contribution in [1.82, 2.24) is 0 Å². The Labute approximate surface area is 114 Å². The van der Waals surface area contributed by atoms with Gasteiger partial charge in [-0.05, 0) is 31.5 Å². The lowest BCUT2D eigenvalue weighted by atomic mass is 10.0. The van der Waals surface area contributed by atoms with E-state index >= 15 is 0 Å². The summed E-state index contributed by atoms with van der Waals surface area (Å²) in [6, 6.07) is 7.88. The van der Waals surface area contributed by atoms with Crippen LogP contribution in [0, 0.1) is 25.2 Å². The van der Waals surface area contributed by atoms with Gasteiger partial charge in [-0.25, -0.2) is 0 Å². The minimum Gasteiger partial charge on any atom is -0.333 e. The van der Waals surface area contributed by atoms with E-state index in [1.54, 1.807) is 0 Å². The first kappa shape index (κ1) is 19.1. The monoisotopic (exact) mass is 247 g/mol. The molecule has 1 nitrogen and oxygen atoms in total. The lowest BCUT2D eigenvalue weighted by Gasteiger charge is -2.02. The van der Waals surface area contributed by atoms with Crippen LogP contribution in [0.2, 0.25) is 0 Å². The molecule has 0 fully saturated rings. The molecule has 0 heterocycles. The first-order valence-electron chi connectivity index (χ1n) is 6.75. The van der Waals surface area contributed by atoms with Gasteiger partial charge in [0.2, 0.25) is 0 Å². The van der Waals surface area contributed by atoms with Crippen LogP contribution in [0.15, 0.2) is 24.3 Å². The summed E-state index contributed by atoms with van der Waals surface area (Å²) in [5.74, 6) is 3.54. The van der Waals surface area contributed by atoms with Crippen molar-refractivity contribution in [3.8, 4) is 12.3 Å². The van der Waals surface area contributed by atoms with Crippen LogP contribution in [0.25, 0.3) is 0 Å². The largest absolute Gasteiger partial charge is 0.333 e. The predicted molar refractivity (Wildman–Crippen MR) is 83.6 cm³/mol. The molecule has 0 saturated heterocycles. The van der Waals surface area contributed by atoms with E-state index in [1.807, 2.05) is 31.2 Å². The summed E-state index contributed by atoms with van der Waals surface area (Å²) >= 11 is 0. The second-order valence-electron chi connectivity index (χ2n) is 4.26. The van der Waals surface area contributed by atoms with E-state index in [4.69, 9.17) is 6.42 Å². The fraction of sp³-hybridized carbons (Fsp3) is 0.529. The van der Waals surface area contributed by atoms with Gasteiger partial charge in [0.25, 0.3) is 0 Å². The Hall–Kier alpha value is -1.26. The molecule has 0 amide bonds. The molecule has 102 valence electrons. The van der Waals surface area contributed by atoms with Crippen molar-refractivity contribution in [2.24, 2.45) is 11.7 Å². The van der Waals surface area contributed by atoms with E-state index < -0.39 is 0 Å². The average molecular weight is 247 g/mol. The Morgan fingerprint density at radius 3 is 2.06 bits per heavy atom. The van der Waals surface area contributed by atoms with Crippen LogP contribution in [0.5, 0.6) is 0 Å². The third-order valence-corrected chi connectivity index (χ3v) is 2.78. The number of nitrogens with two attached hydrogens (primary N) is 1. The first-order valence-corrected chi connectivity index (χ1v) is 6.75. The van der Waals surface area contributed by atoms with Gasteiger partial charge in [0.1, 0.15) is 0 Å². The molecule has 0 saturated carbocycles. The Morgan fingerprint density at radius 1 is 1.22 bits per heavy atom. The summed E-state index contributed by atoms with van der Waals surface area (Å²) in [7, 11) is 1.50. The number of benzene rings is 1. The standard InChI is InChI=1S/C9H8.C7H16.CH5N/c1-3-9-7-5-4-6-8(9)2;1-4-6-7(3)5-2;1-2/h1,4-7H,2H3;7H,4-6H2,1-3H3;2H2,1H3. The molecule has 0 bridgehead atoms. The molecule has 0 aliphatic carbocycles. The number of aryl methyl sites for hydroxylation is 1. The molecular formula is C17H29N. The lowest BCUT2D eigenvalue weighted by molar-refractivity contribution is 0.509. The highest BCUT2D eigenvalue weighted by atomic mass is 14.4. The fourth-order valence-corrected chi connectivity index (χ4v) is 1.43. The minimum absolute atomic E-state index is 0.949. The topological polar surface area (TPSA) is 26.0 Å². The summed E-state index contributed by atoms with van der Waals surface area (Å²) in [6.45, 7) is 8.81. The summed E-state index contributed by atoms with van der Waals surface area (Å²) in [5, 5.41) is 0. The smallest absolute Gasteiger partial charge is 0.0271 e. The summed E-state index contributed by atoms with van der Waals surface area (Å²) in [5.41, 5.74) is 6.65. The van der Waals surface area contributed by atoms with Crippen molar-refractivity contribution in [3.63, 3.8) is 0 Å². The number of terminal acetylenes is 1. The molecule has 1 aromatic carbocycles. The van der Waals surface area contributed by atoms with Gasteiger partial charge in [-0.1, -0.05) is 64.2 Å². The Morgan fingerprint density at radius 2 is 1.78 bits per heavy atom. The predicted octanol–water partition coefficient (Wildman–Crippen LogP) is 4.38. The highest BCUT2D eigenvalue weighted by Gasteiger charge is 1.92. The van der Waals surface area contributed by atoms with Gasteiger partial charge in [0.15, 0.2) is 0 Å². The fourth-order valence-electron chi connectivity index (χ4n) is 1.43. The second kappa shape index (κ2) is 13.8. The third-order valence-electron chi connectivity index (χ3n) is 2.78. The van der Waals surface area contributed by atoms with E-state index in [0.717, 1.165) is 11.5 Å². The second-order valence-corrected chi connectivity index (χ2v) is 4.26. The minimum atomic E-state index is 0.949. The van der Waals surface area contributed by atoms with Crippen molar-refractivity contribution < 1.29 is 0 Å². The van der Waals surface area contributed by atoms with Gasteiger partial charge in [0, 0.05) is 5.56 Å². The van der Waals surface area contributed by atoms with Crippen molar-refractivity contribution in [3.05, 3.63) is 35.4 Å². The molecule has 1 heteroatoms. The Balaban J connectivity index is 0. The third kappa shape index (κ3) is 9.93. The van der Waals surface area contributed by atoms with E-state index in [1.165, 1.54) is 31.9 Å². The van der Waals surface area contributed by atoms with Crippen LogP contribution < -0.4 is 5.73 Å². The van der Waals surface area contributed by atoms with Gasteiger partial charge >= 0.3 is 0 Å². The quantitative estimate of drug-likeness (QED) is 0.788. The van der Waals surface area contributed by atoms with Gasteiger partial charge in [0.05, 0.1) is 0 Å². The molecule has 1 rings (SSSR count). The van der Waals surface area contributed by atoms with Crippen LogP contribution in [0.4, 0.5) is 0 Å². The highest BCUT2D eigenvalue weighted by molar-refractivity contribution is 5.38. The van der Waals surface area contributed by atoms with Crippen LogP contribution in [0.1, 0.15) is 51.2 Å². The van der Waals surface area contributed by atoms with Crippen molar-refractivity contribution in [1.29, 1.82) is 0 Å². The Bertz CT molecular complexity index is 323. The van der Waals surface area contributed by atoms with Crippen molar-refractivity contribution in [2.45, 2.75) is 47.0 Å². The number of rotatable bonds is 3. The molecule has 0 aromatic heterocycles. The van der Waals surface area contributed by atoms with E-state index in [-0.39, 0.29) is 0 Å².